The summed E-state index contributed by atoms with van der Waals surface area (Å²) in [5.41, 5.74) is -0.316. The van der Waals surface area contributed by atoms with Gasteiger partial charge in [-0.1, -0.05) is 0 Å². The number of hydrogen-bond acceptors (Lipinski definition) is 8. The van der Waals surface area contributed by atoms with Gasteiger partial charge in [-0.3, -0.25) is 4.79 Å². The number of aromatic carboxylic acids is 1. The molecule has 2 bridgehead atoms. The highest BCUT2D eigenvalue weighted by atomic mass is 127. The number of esters is 2. The summed E-state index contributed by atoms with van der Waals surface area (Å²) in [7, 11) is -5.93. The first kappa shape index (κ1) is 32.3. The molecule has 216 valence electrons. The third-order valence-corrected chi connectivity index (χ3v) is 14.9. The lowest BCUT2D eigenvalue weighted by Gasteiger charge is -2.27. The predicted molar refractivity (Wildman–Crippen MR) is 158 cm³/mol. The molecule has 0 heterocycles. The highest BCUT2D eigenvalue weighted by molar-refractivity contribution is 14.1. The highest BCUT2D eigenvalue weighted by Crippen LogP contribution is 2.51. The Balaban J connectivity index is 1.51. The maximum Gasteiger partial charge on any atom is 0.340 e. The zero-order chi connectivity index (χ0) is 30.0. The molecule has 0 radical (unpaired) electrons. The minimum Gasteiger partial charge on any atom is -0.744 e. The standard InChI is InChI=1S/C22H12F4I4O9S/c23-10-12(25)19(40(35,36)37)13(26)11(24)18(10)39-21(33)6-2-5-1-4(6)3-7(5)38-22(34)9-8(20(31)32)14(27)16(29)17(30)15(9)28/h4-7H,1-3H2,(H,31,32)(H,35,36,37)/p-1. The number of carbonyl (C=O) groups is 3. The molecule has 0 amide bonds. The Morgan fingerprint density at radius 3 is 1.77 bits per heavy atom. The molecule has 2 aliphatic carbocycles. The molecule has 2 fully saturated rings. The Labute approximate surface area is 277 Å². The van der Waals surface area contributed by atoms with Crippen LogP contribution in [0.3, 0.4) is 0 Å². The monoisotopic (exact) mass is 1030 g/mol. The van der Waals surface area contributed by atoms with E-state index < -0.39 is 85.8 Å². The number of benzene rings is 2. The lowest BCUT2D eigenvalue weighted by molar-refractivity contribution is -0.141. The van der Waals surface area contributed by atoms with E-state index in [1.807, 2.05) is 90.4 Å². The van der Waals surface area contributed by atoms with Crippen molar-refractivity contribution in [1.29, 1.82) is 0 Å². The van der Waals surface area contributed by atoms with Crippen LogP contribution in [0.15, 0.2) is 4.90 Å². The van der Waals surface area contributed by atoms with Crippen molar-refractivity contribution in [2.45, 2.75) is 30.3 Å². The third-order valence-electron chi connectivity index (χ3n) is 6.67. The van der Waals surface area contributed by atoms with E-state index in [1.54, 1.807) is 0 Å². The van der Waals surface area contributed by atoms with E-state index in [4.69, 9.17) is 4.74 Å². The Morgan fingerprint density at radius 2 is 1.32 bits per heavy atom. The van der Waals surface area contributed by atoms with E-state index >= 15 is 0 Å². The van der Waals surface area contributed by atoms with E-state index in [2.05, 4.69) is 4.74 Å². The molecule has 0 spiro atoms. The molecule has 2 aliphatic rings. The minimum absolute atomic E-state index is 0.0211. The van der Waals surface area contributed by atoms with Crippen molar-refractivity contribution in [3.63, 3.8) is 0 Å². The molecule has 18 heteroatoms. The van der Waals surface area contributed by atoms with Crippen molar-refractivity contribution in [1.82, 2.24) is 0 Å². The summed E-state index contributed by atoms with van der Waals surface area (Å²) < 4.78 is 102. The zero-order valence-corrected chi connectivity index (χ0v) is 28.5. The number of halogens is 8. The van der Waals surface area contributed by atoms with Crippen LogP contribution in [-0.4, -0.2) is 42.1 Å². The number of carboxylic acids is 1. The average molecular weight is 1030 g/mol. The van der Waals surface area contributed by atoms with Gasteiger partial charge in [-0.2, -0.15) is 8.78 Å². The first-order valence-electron chi connectivity index (χ1n) is 10.8. The maximum atomic E-state index is 14.3. The van der Waals surface area contributed by atoms with E-state index in [9.17, 15) is 50.0 Å². The number of rotatable bonds is 6. The van der Waals surface area contributed by atoms with Crippen LogP contribution in [0.25, 0.3) is 0 Å². The van der Waals surface area contributed by atoms with Crippen LogP contribution in [0, 0.1) is 55.3 Å². The fourth-order valence-electron chi connectivity index (χ4n) is 4.95. The van der Waals surface area contributed by atoms with Gasteiger partial charge in [-0.25, -0.2) is 26.8 Å². The molecule has 0 saturated heterocycles. The SMILES string of the molecule is O=C(O)c1c(I)c(I)c(I)c(I)c1C(=O)OC1CC2CC1CC2C(=O)Oc1c(F)c(F)c(S(=O)(=O)[O-])c(F)c1F. The van der Waals surface area contributed by atoms with Gasteiger partial charge in [0, 0.05) is 14.3 Å². The predicted octanol–water partition coefficient (Wildman–Crippen LogP) is 5.44. The molecule has 2 aromatic rings. The zero-order valence-electron chi connectivity index (χ0n) is 19.1. The molecular weight excluding hydrogens is 1020 g/mol. The summed E-state index contributed by atoms with van der Waals surface area (Å²) in [5.74, 6) is -16.9. The van der Waals surface area contributed by atoms with Crippen LogP contribution in [0.1, 0.15) is 40.0 Å². The van der Waals surface area contributed by atoms with E-state index in [0.717, 1.165) is 0 Å². The minimum atomic E-state index is -5.93. The van der Waals surface area contributed by atoms with Crippen LogP contribution < -0.4 is 4.74 Å². The number of hydrogen-bond donors (Lipinski definition) is 1. The molecule has 1 N–H and O–H groups in total. The Bertz CT molecular complexity index is 1570. The molecule has 4 atom stereocenters. The summed E-state index contributed by atoms with van der Waals surface area (Å²) in [6.07, 6.45) is -0.232. The van der Waals surface area contributed by atoms with Crippen LogP contribution in [0.4, 0.5) is 17.6 Å². The molecule has 2 aromatic carbocycles. The molecule has 0 aliphatic heterocycles. The van der Waals surface area contributed by atoms with Gasteiger partial charge >= 0.3 is 17.9 Å². The second-order valence-corrected chi connectivity index (χ2v) is 14.5. The normalized spacial score (nSPS) is 21.9. The van der Waals surface area contributed by atoms with Crippen LogP contribution in [-0.2, 0) is 19.6 Å². The molecule has 2 saturated carbocycles. The Kier molecular flexibility index (Phi) is 9.55. The largest absolute Gasteiger partial charge is 0.744 e. The first-order valence-corrected chi connectivity index (χ1v) is 16.5. The smallest absolute Gasteiger partial charge is 0.340 e. The van der Waals surface area contributed by atoms with Gasteiger partial charge in [-0.05, 0) is 121 Å². The summed E-state index contributed by atoms with van der Waals surface area (Å²) in [6, 6.07) is 0. The molecule has 4 unspecified atom stereocenters. The fourth-order valence-corrected chi connectivity index (χ4v) is 9.21. The molecule has 9 nitrogen and oxygen atoms in total. The average Bonchev–Trinajstić information content (AvgIpc) is 3.45. The highest BCUT2D eigenvalue weighted by Gasteiger charge is 2.51. The van der Waals surface area contributed by atoms with Crippen molar-refractivity contribution >= 4 is 118 Å². The number of ether oxygens (including phenoxy) is 2. The fraction of sp³-hybridized carbons (Fsp3) is 0.318. The Hall–Kier alpha value is -0.600. The maximum absolute atomic E-state index is 14.3. The van der Waals surface area contributed by atoms with Gasteiger partial charge in [0.15, 0.2) is 11.6 Å². The van der Waals surface area contributed by atoms with Gasteiger partial charge in [0.1, 0.15) is 21.1 Å². The van der Waals surface area contributed by atoms with Crippen molar-refractivity contribution in [3.8, 4) is 5.75 Å². The van der Waals surface area contributed by atoms with E-state index in [-0.39, 0.29) is 24.0 Å². The second kappa shape index (κ2) is 11.8. The van der Waals surface area contributed by atoms with E-state index in [0.29, 0.717) is 20.7 Å². The summed E-state index contributed by atoms with van der Waals surface area (Å²) in [6.45, 7) is 0. The number of carbonyl (C=O) groups excluding carboxylic acids is 2. The first-order chi connectivity index (χ1) is 18.5. The van der Waals surface area contributed by atoms with Crippen molar-refractivity contribution in [3.05, 3.63) is 48.7 Å². The van der Waals surface area contributed by atoms with Crippen molar-refractivity contribution < 1.29 is 59.5 Å². The summed E-state index contributed by atoms with van der Waals surface area (Å²) in [4.78, 5) is 35.4. The van der Waals surface area contributed by atoms with E-state index in [1.165, 1.54) is 0 Å². The van der Waals surface area contributed by atoms with Crippen molar-refractivity contribution in [2.75, 3.05) is 0 Å². The quantitative estimate of drug-likeness (QED) is 0.0761. The molecular formula is C22H11F4I4O9S-. The van der Waals surface area contributed by atoms with Crippen molar-refractivity contribution in [2.24, 2.45) is 17.8 Å². The van der Waals surface area contributed by atoms with Gasteiger partial charge in [-0.15, -0.1) is 0 Å². The summed E-state index contributed by atoms with van der Waals surface area (Å²) in [5, 5.41) is 9.73. The van der Waals surface area contributed by atoms with Gasteiger partial charge < -0.3 is 19.1 Å². The second-order valence-electron chi connectivity index (χ2n) is 8.88. The molecule has 0 aromatic heterocycles. The van der Waals surface area contributed by atoms with Gasteiger partial charge in [0.2, 0.25) is 17.4 Å². The lowest BCUT2D eigenvalue weighted by atomic mass is 9.87. The molecule has 40 heavy (non-hydrogen) atoms. The third kappa shape index (κ3) is 5.68. The number of carboxylic acid groups (broad SMARTS) is 1. The summed E-state index contributed by atoms with van der Waals surface area (Å²) >= 11 is 7.67. The van der Waals surface area contributed by atoms with Gasteiger partial charge in [0.25, 0.3) is 0 Å². The number of fused-ring (bicyclic) bond motifs is 2. The topological polar surface area (TPSA) is 147 Å². The van der Waals surface area contributed by atoms with Crippen LogP contribution in [0.5, 0.6) is 5.75 Å². The molecule has 4 rings (SSSR count). The lowest BCUT2D eigenvalue weighted by Crippen LogP contribution is -2.33. The Morgan fingerprint density at radius 1 is 0.800 bits per heavy atom. The van der Waals surface area contributed by atoms with Crippen LogP contribution in [0.2, 0.25) is 0 Å². The van der Waals surface area contributed by atoms with Crippen LogP contribution >= 0.6 is 90.4 Å². The van der Waals surface area contributed by atoms with Gasteiger partial charge in [0.05, 0.1) is 17.0 Å².